The zero-order valence-electron chi connectivity index (χ0n) is 28.8. The fourth-order valence-corrected chi connectivity index (χ4v) is 8.54. The minimum absolute atomic E-state index is 0.556. The van der Waals surface area contributed by atoms with E-state index in [-0.39, 0.29) is 0 Å². The predicted molar refractivity (Wildman–Crippen MR) is 215 cm³/mol. The molecule has 1 aliphatic heterocycles. The second-order valence-corrected chi connectivity index (χ2v) is 13.5. The quantitative estimate of drug-likeness (QED) is 0.182. The number of anilines is 3. The predicted octanol–water partition coefficient (Wildman–Crippen LogP) is 11.9. The Hall–Kier alpha value is -7.22. The van der Waals surface area contributed by atoms with Crippen LogP contribution in [0, 0.1) is 11.3 Å². The van der Waals surface area contributed by atoms with Crippen molar-refractivity contribution in [3.05, 3.63) is 222 Å². The second kappa shape index (κ2) is 12.2. The smallest absolute Gasteiger partial charge is 0.0991 e. The van der Waals surface area contributed by atoms with Crippen LogP contribution in [0.25, 0.3) is 38.6 Å². The zero-order chi connectivity index (χ0) is 35.4. The first-order valence-corrected chi connectivity index (χ1v) is 17.8. The van der Waals surface area contributed by atoms with Gasteiger partial charge in [-0.25, -0.2) is 0 Å². The largest absolute Gasteiger partial charge is 0.310 e. The van der Waals surface area contributed by atoms with Crippen molar-refractivity contribution in [1.29, 1.82) is 5.26 Å². The van der Waals surface area contributed by atoms with Gasteiger partial charge in [0.25, 0.3) is 0 Å². The lowest BCUT2D eigenvalue weighted by Crippen LogP contribution is -2.37. The molecule has 0 radical (unpaired) electrons. The molecule has 0 saturated carbocycles. The van der Waals surface area contributed by atoms with Gasteiger partial charge >= 0.3 is 0 Å². The molecule has 0 bridgehead atoms. The van der Waals surface area contributed by atoms with E-state index in [1.807, 2.05) is 36.7 Å². The van der Waals surface area contributed by atoms with Crippen molar-refractivity contribution in [2.45, 2.75) is 5.41 Å². The number of fused-ring (bicyclic) bond motifs is 5. The van der Waals surface area contributed by atoms with Crippen LogP contribution in [0.5, 0.6) is 0 Å². The van der Waals surface area contributed by atoms with Crippen molar-refractivity contribution in [1.82, 2.24) is 9.55 Å². The van der Waals surface area contributed by atoms with E-state index in [0.717, 1.165) is 55.7 Å². The highest BCUT2D eigenvalue weighted by molar-refractivity contribution is 6.09. The molecule has 0 spiro atoms. The highest BCUT2D eigenvalue weighted by Gasteiger charge is 2.46. The Labute approximate surface area is 308 Å². The van der Waals surface area contributed by atoms with Gasteiger partial charge in [-0.2, -0.15) is 5.26 Å². The summed E-state index contributed by atoms with van der Waals surface area (Å²) in [5.41, 5.74) is 13.6. The first-order chi connectivity index (χ1) is 26.3. The van der Waals surface area contributed by atoms with Crippen LogP contribution in [0.1, 0.15) is 27.8 Å². The summed E-state index contributed by atoms with van der Waals surface area (Å²) < 4.78 is 2.35. The van der Waals surface area contributed by atoms with Crippen molar-refractivity contribution in [3.63, 3.8) is 0 Å². The molecule has 2 aromatic heterocycles. The molecular weight excluding hydrogens is 645 g/mol. The third-order valence-electron chi connectivity index (χ3n) is 10.8. The molecule has 4 nitrogen and oxygen atoms in total. The Morgan fingerprint density at radius 2 is 1.06 bits per heavy atom. The van der Waals surface area contributed by atoms with Gasteiger partial charge in [-0.3, -0.25) is 4.98 Å². The van der Waals surface area contributed by atoms with Crippen molar-refractivity contribution in [3.8, 4) is 22.9 Å². The van der Waals surface area contributed by atoms with Crippen LogP contribution in [0.15, 0.2) is 194 Å². The Kier molecular flexibility index (Phi) is 7.06. The molecule has 0 N–H and O–H groups in total. The lowest BCUT2D eigenvalue weighted by molar-refractivity contribution is 0.731. The molecule has 0 atom stereocenters. The van der Waals surface area contributed by atoms with E-state index in [1.165, 1.54) is 22.3 Å². The molecule has 53 heavy (non-hydrogen) atoms. The normalized spacial score (nSPS) is 13.0. The van der Waals surface area contributed by atoms with Crippen LogP contribution in [0.2, 0.25) is 0 Å². The van der Waals surface area contributed by atoms with E-state index >= 15 is 0 Å². The van der Waals surface area contributed by atoms with Crippen molar-refractivity contribution in [2.75, 3.05) is 4.90 Å². The van der Waals surface area contributed by atoms with Gasteiger partial charge in [-0.1, -0.05) is 127 Å². The Balaban J connectivity index is 1.29. The monoisotopic (exact) mass is 676 g/mol. The molecule has 0 unspecified atom stereocenters. The minimum Gasteiger partial charge on any atom is -0.310 e. The summed E-state index contributed by atoms with van der Waals surface area (Å²) in [7, 11) is 0. The fourth-order valence-electron chi connectivity index (χ4n) is 8.54. The Morgan fingerprint density at radius 3 is 1.72 bits per heavy atom. The van der Waals surface area contributed by atoms with Gasteiger partial charge in [-0.05, 0) is 88.0 Å². The number of nitrogens with zero attached hydrogens (tertiary/aromatic N) is 4. The van der Waals surface area contributed by atoms with E-state index in [4.69, 9.17) is 0 Å². The molecule has 0 saturated heterocycles. The molecule has 0 amide bonds. The molecule has 10 rings (SSSR count). The summed E-state index contributed by atoms with van der Waals surface area (Å²) in [6.07, 6.45) is 3.83. The number of hydrogen-bond donors (Lipinski definition) is 0. The lowest BCUT2D eigenvalue weighted by atomic mass is 9.62. The Bertz CT molecular complexity index is 2700. The van der Waals surface area contributed by atoms with Gasteiger partial charge in [0.05, 0.1) is 39.5 Å². The third-order valence-corrected chi connectivity index (χ3v) is 10.8. The maximum atomic E-state index is 9.61. The summed E-state index contributed by atoms with van der Waals surface area (Å²) >= 11 is 0. The van der Waals surface area contributed by atoms with Gasteiger partial charge in [-0.15, -0.1) is 0 Å². The molecule has 248 valence electrons. The topological polar surface area (TPSA) is 44.9 Å². The Morgan fingerprint density at radius 1 is 0.491 bits per heavy atom. The molecule has 3 heterocycles. The first-order valence-electron chi connectivity index (χ1n) is 17.8. The highest BCUT2D eigenvalue weighted by atomic mass is 15.2. The highest BCUT2D eigenvalue weighted by Crippen LogP contribution is 2.58. The van der Waals surface area contributed by atoms with Gasteiger partial charge in [0, 0.05) is 34.5 Å². The van der Waals surface area contributed by atoms with E-state index < -0.39 is 5.41 Å². The molecule has 9 aromatic rings. The van der Waals surface area contributed by atoms with Crippen molar-refractivity contribution >= 4 is 38.9 Å². The number of aromatic nitrogens is 2. The van der Waals surface area contributed by atoms with E-state index in [9.17, 15) is 5.26 Å². The van der Waals surface area contributed by atoms with E-state index in [1.54, 1.807) is 0 Å². The maximum Gasteiger partial charge on any atom is 0.0991 e. The summed E-state index contributed by atoms with van der Waals surface area (Å²) in [5.74, 6) is 0. The number of para-hydroxylation sites is 3. The zero-order valence-corrected chi connectivity index (χ0v) is 28.8. The van der Waals surface area contributed by atoms with Crippen molar-refractivity contribution < 1.29 is 0 Å². The fraction of sp³-hybridized carbons (Fsp3) is 0.0204. The maximum absolute atomic E-state index is 9.61. The molecule has 0 fully saturated rings. The average molecular weight is 677 g/mol. The van der Waals surface area contributed by atoms with Gasteiger partial charge in [0.2, 0.25) is 0 Å². The van der Waals surface area contributed by atoms with Gasteiger partial charge in [0.1, 0.15) is 0 Å². The van der Waals surface area contributed by atoms with E-state index in [2.05, 4.69) is 178 Å². The number of rotatable bonds is 5. The summed E-state index contributed by atoms with van der Waals surface area (Å²) in [5, 5.41) is 11.9. The van der Waals surface area contributed by atoms with Crippen LogP contribution in [-0.2, 0) is 5.41 Å². The van der Waals surface area contributed by atoms with Crippen LogP contribution >= 0.6 is 0 Å². The van der Waals surface area contributed by atoms with Gasteiger partial charge < -0.3 is 9.47 Å². The molecular formula is C49H32N4. The summed E-state index contributed by atoms with van der Waals surface area (Å²) in [6.45, 7) is 0. The molecule has 7 aromatic carbocycles. The summed E-state index contributed by atoms with van der Waals surface area (Å²) in [6, 6.07) is 67.2. The van der Waals surface area contributed by atoms with Crippen LogP contribution < -0.4 is 4.90 Å². The minimum atomic E-state index is -0.556. The lowest BCUT2D eigenvalue weighted by Gasteiger charge is -2.46. The van der Waals surface area contributed by atoms with Crippen LogP contribution in [0.4, 0.5) is 17.1 Å². The number of pyridine rings is 1. The second-order valence-electron chi connectivity index (χ2n) is 13.5. The standard InChI is InChI=1S/C49H32N4/c50-32-34-23-25-35(26-24-34)36-29-39(52-45-20-10-7-17-41(45)42-33-51-28-27-46(42)52)31-40(30-36)53-47-21-11-8-18-43(47)49(37-13-3-1-4-14-37,38-15-5-2-6-16-38)44-19-9-12-22-48(44)53/h1-31,33H. The van der Waals surface area contributed by atoms with E-state index in [0.29, 0.717) is 5.56 Å². The molecule has 1 aliphatic rings. The SMILES string of the molecule is N#Cc1ccc(-c2cc(N3c4ccccc4C(c4ccccc4)(c4ccccc4)c4ccccc43)cc(-n3c4ccccc4c4cnccc43)c2)cc1. The third kappa shape index (κ3) is 4.65. The molecule has 0 aliphatic carbocycles. The first kappa shape index (κ1) is 30.6. The number of benzene rings is 7. The van der Waals surface area contributed by atoms with Crippen molar-refractivity contribution in [2.24, 2.45) is 0 Å². The summed E-state index contributed by atoms with van der Waals surface area (Å²) in [4.78, 5) is 6.94. The van der Waals surface area contributed by atoms with Crippen LogP contribution in [-0.4, -0.2) is 9.55 Å². The number of hydrogen-bond acceptors (Lipinski definition) is 3. The number of nitriles is 1. The van der Waals surface area contributed by atoms with Gasteiger partial charge in [0.15, 0.2) is 0 Å². The average Bonchev–Trinajstić information content (AvgIpc) is 3.58. The molecule has 4 heteroatoms. The van der Waals surface area contributed by atoms with Crippen LogP contribution in [0.3, 0.4) is 0 Å².